The third kappa shape index (κ3) is 1.47. The first kappa shape index (κ1) is 9.89. The Morgan fingerprint density at radius 2 is 2.12 bits per heavy atom. The second kappa shape index (κ2) is 3.62. The van der Waals surface area contributed by atoms with E-state index in [1.807, 2.05) is 24.3 Å². The minimum atomic E-state index is -0.468. The third-order valence-electron chi connectivity index (χ3n) is 2.91. The zero-order chi connectivity index (χ0) is 11.8. The summed E-state index contributed by atoms with van der Waals surface area (Å²) in [6.45, 7) is 0. The molecule has 0 bridgehead atoms. The number of rotatable bonds is 1. The smallest absolute Gasteiger partial charge is 0.272 e. The molecule has 0 fully saturated rings. The van der Waals surface area contributed by atoms with E-state index in [4.69, 9.17) is 0 Å². The maximum absolute atomic E-state index is 12.2. The molecule has 1 atom stereocenters. The first-order valence-electron chi connectivity index (χ1n) is 5.39. The highest BCUT2D eigenvalue weighted by molar-refractivity contribution is 6.03. The molecule has 2 heterocycles. The number of amides is 1. The van der Waals surface area contributed by atoms with Gasteiger partial charge in [0.05, 0.1) is 11.4 Å². The molecule has 0 radical (unpaired) electrons. The van der Waals surface area contributed by atoms with Crippen LogP contribution in [-0.4, -0.2) is 22.7 Å². The average molecular weight is 228 g/mol. The van der Waals surface area contributed by atoms with Crippen molar-refractivity contribution in [2.45, 2.75) is 6.17 Å². The fourth-order valence-corrected chi connectivity index (χ4v) is 2.01. The van der Waals surface area contributed by atoms with Crippen LogP contribution in [0.4, 0.5) is 11.4 Å². The Morgan fingerprint density at radius 1 is 1.29 bits per heavy atom. The molecule has 1 aliphatic heterocycles. The second-order valence-electron chi connectivity index (χ2n) is 3.95. The number of fused-ring (bicyclic) bond motifs is 1. The van der Waals surface area contributed by atoms with E-state index in [1.165, 1.54) is 0 Å². The van der Waals surface area contributed by atoms with Gasteiger partial charge in [0.25, 0.3) is 5.91 Å². The summed E-state index contributed by atoms with van der Waals surface area (Å²) in [7, 11) is 1.78. The van der Waals surface area contributed by atoms with Gasteiger partial charge in [-0.3, -0.25) is 4.79 Å². The zero-order valence-electron chi connectivity index (χ0n) is 9.37. The number of carbonyl (C=O) groups is 1. The molecule has 0 spiro atoms. The first-order valence-corrected chi connectivity index (χ1v) is 5.39. The number of aromatic nitrogens is 2. The molecule has 5 nitrogen and oxygen atoms in total. The molecule has 1 amide bonds. The highest BCUT2D eigenvalue weighted by Gasteiger charge is 2.31. The number of likely N-dealkylation sites (N-methyl/N-ethyl adjacent to an activating group) is 1. The summed E-state index contributed by atoms with van der Waals surface area (Å²) < 4.78 is 1.62. The summed E-state index contributed by atoms with van der Waals surface area (Å²) in [5.41, 5.74) is 1.83. The predicted octanol–water partition coefficient (Wildman–Crippen LogP) is 1.47. The number of nitrogens with one attached hydrogen (secondary N) is 1. The van der Waals surface area contributed by atoms with Crippen molar-refractivity contribution in [3.05, 3.63) is 42.7 Å². The highest BCUT2D eigenvalue weighted by atomic mass is 16.2. The molecule has 0 aliphatic carbocycles. The molecule has 86 valence electrons. The molecule has 1 unspecified atom stereocenters. The zero-order valence-corrected chi connectivity index (χ0v) is 9.37. The largest absolute Gasteiger partial charge is 0.354 e. The van der Waals surface area contributed by atoms with E-state index in [0.717, 1.165) is 11.4 Å². The van der Waals surface area contributed by atoms with Crippen LogP contribution < -0.4 is 10.2 Å². The van der Waals surface area contributed by atoms with E-state index in [9.17, 15) is 4.79 Å². The predicted molar refractivity (Wildman–Crippen MR) is 64.7 cm³/mol. The monoisotopic (exact) mass is 228 g/mol. The van der Waals surface area contributed by atoms with Gasteiger partial charge in [0.2, 0.25) is 6.17 Å². The number of benzene rings is 1. The number of hydrogen-bond acceptors (Lipinski definition) is 3. The topological polar surface area (TPSA) is 50.2 Å². The summed E-state index contributed by atoms with van der Waals surface area (Å²) in [4.78, 5) is 13.8. The molecule has 1 aliphatic rings. The number of para-hydroxylation sites is 2. The van der Waals surface area contributed by atoms with Crippen LogP contribution >= 0.6 is 0 Å². The lowest BCUT2D eigenvalue weighted by Crippen LogP contribution is -2.42. The average Bonchev–Trinajstić information content (AvgIpc) is 2.87. The van der Waals surface area contributed by atoms with Gasteiger partial charge in [-0.15, -0.1) is 0 Å². The van der Waals surface area contributed by atoms with Crippen LogP contribution in [0.5, 0.6) is 0 Å². The molecule has 0 saturated heterocycles. The van der Waals surface area contributed by atoms with Gasteiger partial charge in [-0.25, -0.2) is 4.68 Å². The van der Waals surface area contributed by atoms with Crippen LogP contribution in [-0.2, 0) is 4.79 Å². The molecule has 1 aromatic heterocycles. The SMILES string of the molecule is CN1C(=O)C(n2cccn2)Nc2ccccc21. The number of anilines is 2. The molecule has 1 aromatic carbocycles. The number of nitrogens with zero attached hydrogens (tertiary/aromatic N) is 3. The van der Waals surface area contributed by atoms with Gasteiger partial charge in [0.15, 0.2) is 0 Å². The summed E-state index contributed by atoms with van der Waals surface area (Å²) >= 11 is 0. The molecule has 2 aromatic rings. The summed E-state index contributed by atoms with van der Waals surface area (Å²) in [6, 6.07) is 9.53. The van der Waals surface area contributed by atoms with E-state index in [2.05, 4.69) is 10.4 Å². The van der Waals surface area contributed by atoms with Crippen molar-refractivity contribution in [2.24, 2.45) is 0 Å². The Labute approximate surface area is 98.7 Å². The highest BCUT2D eigenvalue weighted by Crippen LogP contribution is 2.32. The van der Waals surface area contributed by atoms with Crippen LogP contribution in [0.15, 0.2) is 42.7 Å². The lowest BCUT2D eigenvalue weighted by molar-refractivity contribution is -0.121. The van der Waals surface area contributed by atoms with Crippen LogP contribution in [0.3, 0.4) is 0 Å². The molecular weight excluding hydrogens is 216 g/mol. The summed E-state index contributed by atoms with van der Waals surface area (Å²) in [5.74, 6) is -0.0209. The fourth-order valence-electron chi connectivity index (χ4n) is 2.01. The number of hydrogen-bond donors (Lipinski definition) is 1. The van der Waals surface area contributed by atoms with Crippen molar-refractivity contribution in [3.8, 4) is 0 Å². The number of carbonyl (C=O) groups excluding carboxylic acids is 1. The van der Waals surface area contributed by atoms with Crippen molar-refractivity contribution in [2.75, 3.05) is 17.3 Å². The quantitative estimate of drug-likeness (QED) is 0.804. The van der Waals surface area contributed by atoms with Gasteiger partial charge in [0.1, 0.15) is 0 Å². The maximum Gasteiger partial charge on any atom is 0.272 e. The van der Waals surface area contributed by atoms with Crippen molar-refractivity contribution < 1.29 is 4.79 Å². The normalized spacial score (nSPS) is 18.8. The minimum absolute atomic E-state index is 0.0209. The summed E-state index contributed by atoms with van der Waals surface area (Å²) in [6.07, 6.45) is 2.97. The van der Waals surface area contributed by atoms with E-state index < -0.39 is 6.17 Å². The van der Waals surface area contributed by atoms with Crippen LogP contribution in [0.2, 0.25) is 0 Å². The lowest BCUT2D eigenvalue weighted by Gasteiger charge is -2.32. The third-order valence-corrected chi connectivity index (χ3v) is 2.91. The second-order valence-corrected chi connectivity index (χ2v) is 3.95. The van der Waals surface area contributed by atoms with Gasteiger partial charge >= 0.3 is 0 Å². The van der Waals surface area contributed by atoms with Gasteiger partial charge in [0, 0.05) is 19.4 Å². The first-order chi connectivity index (χ1) is 8.27. The van der Waals surface area contributed by atoms with Crippen LogP contribution in [0.25, 0.3) is 0 Å². The van der Waals surface area contributed by atoms with Crippen molar-refractivity contribution in [1.29, 1.82) is 0 Å². The van der Waals surface area contributed by atoms with E-state index in [1.54, 1.807) is 35.1 Å². The minimum Gasteiger partial charge on any atom is -0.354 e. The Kier molecular flexibility index (Phi) is 2.11. The Bertz CT molecular complexity index is 549. The van der Waals surface area contributed by atoms with Gasteiger partial charge < -0.3 is 10.2 Å². The Hall–Kier alpha value is -2.30. The molecular formula is C12H12N4O. The molecule has 3 rings (SSSR count). The van der Waals surface area contributed by atoms with Crippen LogP contribution in [0.1, 0.15) is 6.17 Å². The Morgan fingerprint density at radius 3 is 2.88 bits per heavy atom. The van der Waals surface area contributed by atoms with Gasteiger partial charge in [-0.1, -0.05) is 12.1 Å². The molecule has 5 heteroatoms. The maximum atomic E-state index is 12.2. The van der Waals surface area contributed by atoms with E-state index in [-0.39, 0.29) is 5.91 Å². The molecule has 17 heavy (non-hydrogen) atoms. The standard InChI is InChI=1S/C12H12N4O/c1-15-10-6-3-2-5-9(10)14-11(12(15)17)16-8-4-7-13-16/h2-8,11,14H,1H3. The fraction of sp³-hybridized carbons (Fsp3) is 0.167. The van der Waals surface area contributed by atoms with E-state index in [0.29, 0.717) is 0 Å². The molecule has 1 N–H and O–H groups in total. The van der Waals surface area contributed by atoms with Gasteiger partial charge in [-0.2, -0.15) is 5.10 Å². The van der Waals surface area contributed by atoms with Crippen molar-refractivity contribution in [1.82, 2.24) is 9.78 Å². The lowest BCUT2D eigenvalue weighted by atomic mass is 10.2. The summed E-state index contributed by atoms with van der Waals surface area (Å²) in [5, 5.41) is 7.29. The molecule has 0 saturated carbocycles. The van der Waals surface area contributed by atoms with E-state index >= 15 is 0 Å². The van der Waals surface area contributed by atoms with Gasteiger partial charge in [-0.05, 0) is 18.2 Å². The van der Waals surface area contributed by atoms with Crippen molar-refractivity contribution >= 4 is 17.3 Å². The van der Waals surface area contributed by atoms with Crippen LogP contribution in [0, 0.1) is 0 Å². The van der Waals surface area contributed by atoms with Crippen molar-refractivity contribution in [3.63, 3.8) is 0 Å². The Balaban J connectivity index is 2.05.